The van der Waals surface area contributed by atoms with Gasteiger partial charge >= 0.3 is 0 Å². The fourth-order valence-corrected chi connectivity index (χ4v) is 4.15. The zero-order chi connectivity index (χ0) is 23.6. The molecule has 0 saturated heterocycles. The maximum Gasteiger partial charge on any atom is 0.0784 e. The van der Waals surface area contributed by atoms with Crippen LogP contribution in [0.25, 0.3) is 0 Å². The zero-order valence-corrected chi connectivity index (χ0v) is 22.3. The lowest BCUT2D eigenvalue weighted by atomic mass is 10.1. The first kappa shape index (κ1) is 32.6. The van der Waals surface area contributed by atoms with Gasteiger partial charge in [-0.1, -0.05) is 98.3 Å². The summed E-state index contributed by atoms with van der Waals surface area (Å²) in [4.78, 5) is 9.76. The molecule has 0 rings (SSSR count). The number of aliphatic carboxylic acids is 1. The summed E-state index contributed by atoms with van der Waals surface area (Å²) in [6.07, 6.45) is 24.4. The van der Waals surface area contributed by atoms with Crippen LogP contribution in [0.4, 0.5) is 0 Å². The van der Waals surface area contributed by atoms with Crippen LogP contribution in [-0.4, -0.2) is 37.1 Å². The highest BCUT2D eigenvalue weighted by Crippen LogP contribution is 2.15. The molecule has 0 N–H and O–H groups in total. The van der Waals surface area contributed by atoms with Crippen molar-refractivity contribution in [2.75, 3.05) is 26.7 Å². The van der Waals surface area contributed by atoms with E-state index in [4.69, 9.17) is 0 Å². The van der Waals surface area contributed by atoms with Gasteiger partial charge < -0.3 is 14.4 Å². The van der Waals surface area contributed by atoms with Crippen LogP contribution in [0, 0.1) is 0 Å². The third kappa shape index (κ3) is 27.4. The van der Waals surface area contributed by atoms with Crippen molar-refractivity contribution in [1.29, 1.82) is 0 Å². The van der Waals surface area contributed by atoms with Crippen LogP contribution < -0.4 is 5.11 Å². The van der Waals surface area contributed by atoms with E-state index >= 15 is 0 Å². The van der Waals surface area contributed by atoms with Gasteiger partial charge in [-0.05, 0) is 51.4 Å². The molecule has 3 nitrogen and oxygen atoms in total. The maximum absolute atomic E-state index is 9.76. The monoisotopic (exact) mass is 441 g/mol. The summed E-state index contributed by atoms with van der Waals surface area (Å²) in [5.41, 5.74) is 0. The van der Waals surface area contributed by atoms with Crippen molar-refractivity contribution >= 4 is 5.97 Å². The minimum Gasteiger partial charge on any atom is -0.550 e. The van der Waals surface area contributed by atoms with E-state index in [0.29, 0.717) is 0 Å². The highest BCUT2D eigenvalue weighted by Gasteiger charge is 2.20. The Balaban J connectivity index is 0. The predicted molar refractivity (Wildman–Crippen MR) is 136 cm³/mol. The normalized spacial score (nSPS) is 11.3. The molecule has 0 amide bonds. The van der Waals surface area contributed by atoms with Gasteiger partial charge in [0.15, 0.2) is 0 Å². The smallest absolute Gasteiger partial charge is 0.0784 e. The van der Waals surface area contributed by atoms with Gasteiger partial charge in [-0.15, -0.1) is 0 Å². The Kier molecular flexibility index (Phi) is 27.0. The van der Waals surface area contributed by atoms with Crippen LogP contribution in [0.15, 0.2) is 0 Å². The fourth-order valence-electron chi connectivity index (χ4n) is 4.15. The fraction of sp³-hybridized carbons (Fsp3) is 0.964. The summed E-state index contributed by atoms with van der Waals surface area (Å²) in [6, 6.07) is 0. The van der Waals surface area contributed by atoms with Crippen LogP contribution in [-0.2, 0) is 4.79 Å². The van der Waals surface area contributed by atoms with Crippen LogP contribution in [0.5, 0.6) is 0 Å². The Morgan fingerprint density at radius 2 is 0.806 bits per heavy atom. The van der Waals surface area contributed by atoms with Crippen LogP contribution in [0.1, 0.15) is 150 Å². The molecule has 0 saturated carbocycles. The van der Waals surface area contributed by atoms with Gasteiger partial charge in [-0.3, -0.25) is 0 Å². The van der Waals surface area contributed by atoms with Gasteiger partial charge in [-0.25, -0.2) is 0 Å². The molecule has 31 heavy (non-hydrogen) atoms. The third-order valence-electron chi connectivity index (χ3n) is 6.39. The van der Waals surface area contributed by atoms with Crippen LogP contribution >= 0.6 is 0 Å². The zero-order valence-electron chi connectivity index (χ0n) is 22.3. The molecule has 0 atom stereocenters. The van der Waals surface area contributed by atoms with Crippen molar-refractivity contribution in [3.63, 3.8) is 0 Å². The molecule has 3 heteroatoms. The second kappa shape index (κ2) is 25.7. The molecule has 0 aromatic rings. The SMILES string of the molecule is CCCCCC(=O)[O-].CCCCCCC[N+](C)(CCCCCCC)CCCCCCC. The Labute approximate surface area is 197 Å². The van der Waals surface area contributed by atoms with Gasteiger partial charge in [0.1, 0.15) is 0 Å². The van der Waals surface area contributed by atoms with E-state index in [1.54, 1.807) is 0 Å². The molecule has 0 bridgehead atoms. The number of carboxylic acid groups (broad SMARTS) is 1. The predicted octanol–water partition coefficient (Wildman–Crippen LogP) is 7.66. The molecule has 0 aromatic heterocycles. The molecule has 0 fully saturated rings. The highest BCUT2D eigenvalue weighted by atomic mass is 16.4. The lowest BCUT2D eigenvalue weighted by Crippen LogP contribution is -2.46. The second-order valence-corrected chi connectivity index (χ2v) is 9.86. The summed E-state index contributed by atoms with van der Waals surface area (Å²) in [7, 11) is 2.54. The van der Waals surface area contributed by atoms with E-state index in [2.05, 4.69) is 27.8 Å². The van der Waals surface area contributed by atoms with E-state index in [1.807, 2.05) is 6.92 Å². The topological polar surface area (TPSA) is 40.1 Å². The molecule has 0 radical (unpaired) electrons. The second-order valence-electron chi connectivity index (χ2n) is 9.86. The van der Waals surface area contributed by atoms with Crippen molar-refractivity contribution in [3.8, 4) is 0 Å². The molecule has 0 unspecified atom stereocenters. The van der Waals surface area contributed by atoms with Gasteiger partial charge in [0.25, 0.3) is 0 Å². The molecule has 0 aliphatic rings. The number of quaternary nitrogens is 1. The number of hydrogen-bond acceptors (Lipinski definition) is 2. The molecule has 0 aliphatic carbocycles. The largest absolute Gasteiger partial charge is 0.550 e. The third-order valence-corrected chi connectivity index (χ3v) is 6.39. The van der Waals surface area contributed by atoms with Crippen molar-refractivity contribution in [2.24, 2.45) is 0 Å². The van der Waals surface area contributed by atoms with Crippen molar-refractivity contribution < 1.29 is 14.4 Å². The molecular weight excluding hydrogens is 382 g/mol. The summed E-state index contributed by atoms with van der Waals surface area (Å²) in [6.45, 7) is 13.2. The quantitative estimate of drug-likeness (QED) is 0.128. The summed E-state index contributed by atoms with van der Waals surface area (Å²) in [5.74, 6) is -0.932. The molecule has 0 spiro atoms. The Hall–Kier alpha value is -0.570. The molecule has 0 aromatic carbocycles. The standard InChI is InChI=1S/C22H48N.C6H12O2/c1-5-8-11-14-17-20-23(4,21-18-15-12-9-6-2)22-19-16-13-10-7-3;1-2-3-4-5-6(7)8/h5-22H2,1-4H3;2-5H2,1H3,(H,7,8)/q+1;/p-1. The Morgan fingerprint density at radius 3 is 1.10 bits per heavy atom. The number of nitrogens with zero attached hydrogens (tertiary/aromatic N) is 1. The summed E-state index contributed by atoms with van der Waals surface area (Å²) in [5, 5.41) is 9.76. The number of carbonyl (C=O) groups is 1. The van der Waals surface area contributed by atoms with E-state index in [1.165, 1.54) is 120 Å². The first-order chi connectivity index (χ1) is 15.0. The summed E-state index contributed by atoms with van der Waals surface area (Å²) >= 11 is 0. The highest BCUT2D eigenvalue weighted by molar-refractivity contribution is 5.63. The van der Waals surface area contributed by atoms with Gasteiger partial charge in [-0.2, -0.15) is 0 Å². The number of unbranched alkanes of at least 4 members (excludes halogenated alkanes) is 14. The number of rotatable bonds is 22. The van der Waals surface area contributed by atoms with E-state index in [9.17, 15) is 9.90 Å². The van der Waals surface area contributed by atoms with E-state index < -0.39 is 5.97 Å². The average molecular weight is 442 g/mol. The molecular formula is C28H59NO2. The van der Waals surface area contributed by atoms with Gasteiger partial charge in [0.2, 0.25) is 0 Å². The Bertz CT molecular complexity index is 321. The lowest BCUT2D eigenvalue weighted by Gasteiger charge is -2.35. The van der Waals surface area contributed by atoms with Crippen molar-refractivity contribution in [3.05, 3.63) is 0 Å². The van der Waals surface area contributed by atoms with Crippen LogP contribution in [0.2, 0.25) is 0 Å². The van der Waals surface area contributed by atoms with Gasteiger partial charge in [0, 0.05) is 5.97 Å². The van der Waals surface area contributed by atoms with Crippen molar-refractivity contribution in [2.45, 2.75) is 150 Å². The Morgan fingerprint density at radius 1 is 0.516 bits per heavy atom. The summed E-state index contributed by atoms with van der Waals surface area (Å²) < 4.78 is 1.35. The maximum atomic E-state index is 9.76. The minimum atomic E-state index is -0.932. The van der Waals surface area contributed by atoms with E-state index in [0.717, 1.165) is 19.3 Å². The number of hydrogen-bond donors (Lipinski definition) is 0. The lowest BCUT2D eigenvalue weighted by molar-refractivity contribution is -0.910. The van der Waals surface area contributed by atoms with Crippen molar-refractivity contribution in [1.82, 2.24) is 0 Å². The molecule has 0 aliphatic heterocycles. The minimum absolute atomic E-state index is 0.216. The number of carbonyl (C=O) groups excluding carboxylic acids is 1. The first-order valence-corrected chi connectivity index (χ1v) is 14.0. The number of carboxylic acids is 1. The van der Waals surface area contributed by atoms with Crippen LogP contribution in [0.3, 0.4) is 0 Å². The van der Waals surface area contributed by atoms with E-state index in [-0.39, 0.29) is 6.42 Å². The average Bonchev–Trinajstić information content (AvgIpc) is 2.74. The van der Waals surface area contributed by atoms with Gasteiger partial charge in [0.05, 0.1) is 26.7 Å². The molecule has 0 heterocycles. The molecule has 188 valence electrons. The first-order valence-electron chi connectivity index (χ1n) is 14.0.